The van der Waals surface area contributed by atoms with Crippen LogP contribution in [0.25, 0.3) is 0 Å². The number of hydrogen-bond acceptors (Lipinski definition) is 4. The first kappa shape index (κ1) is 12.9. The summed E-state index contributed by atoms with van der Waals surface area (Å²) in [5.74, 6) is 0.606. The topological polar surface area (TPSA) is 49.3 Å². The molecule has 0 bridgehead atoms. The van der Waals surface area contributed by atoms with Gasteiger partial charge in [0.1, 0.15) is 0 Å². The van der Waals surface area contributed by atoms with Crippen LogP contribution in [-0.2, 0) is 4.79 Å². The molecule has 88 valence electrons. The van der Waals surface area contributed by atoms with E-state index in [9.17, 15) is 4.79 Å². The zero-order chi connectivity index (χ0) is 12.1. The Bertz CT molecular complexity index is 352. The Morgan fingerprint density at radius 3 is 2.38 bits per heavy atom. The molecule has 0 aliphatic carbocycles. The van der Waals surface area contributed by atoms with Crippen LogP contribution in [0.2, 0.25) is 0 Å². The van der Waals surface area contributed by atoms with Crippen molar-refractivity contribution in [2.45, 2.75) is 6.92 Å². The van der Waals surface area contributed by atoms with E-state index in [4.69, 9.17) is 0 Å². The number of rotatable bonds is 4. The van der Waals surface area contributed by atoms with Crippen LogP contribution in [0.3, 0.4) is 0 Å². The largest absolute Gasteiger partial charge is 0.347 e. The Morgan fingerprint density at radius 2 is 1.94 bits per heavy atom. The zero-order valence-corrected chi connectivity index (χ0v) is 11.2. The fourth-order valence-corrected chi connectivity index (χ4v) is 1.30. The first-order valence-corrected chi connectivity index (χ1v) is 5.76. The minimum atomic E-state index is 0.0355. The standard InChI is InChI=1S/C10H15BrN4O/c1-4-15(7-9(16)14(2)3)10-12-5-8(11)6-13-10/h5-6H,4,7H2,1-3H3. The molecule has 1 heterocycles. The van der Waals surface area contributed by atoms with Gasteiger partial charge in [0.05, 0.1) is 11.0 Å². The lowest BCUT2D eigenvalue weighted by atomic mass is 10.4. The maximum absolute atomic E-state index is 11.6. The van der Waals surface area contributed by atoms with Crippen molar-refractivity contribution in [3.63, 3.8) is 0 Å². The zero-order valence-electron chi connectivity index (χ0n) is 9.64. The van der Waals surface area contributed by atoms with E-state index in [0.29, 0.717) is 19.0 Å². The molecule has 1 aromatic heterocycles. The van der Waals surface area contributed by atoms with E-state index < -0.39 is 0 Å². The van der Waals surface area contributed by atoms with Crippen LogP contribution in [0.4, 0.5) is 5.95 Å². The molecular formula is C10H15BrN4O. The van der Waals surface area contributed by atoms with Gasteiger partial charge in [0, 0.05) is 33.0 Å². The van der Waals surface area contributed by atoms with E-state index in [1.807, 2.05) is 11.8 Å². The normalized spacial score (nSPS) is 10.0. The molecule has 6 heteroatoms. The summed E-state index contributed by atoms with van der Waals surface area (Å²) >= 11 is 3.27. The lowest BCUT2D eigenvalue weighted by Gasteiger charge is -2.21. The van der Waals surface area contributed by atoms with Crippen molar-refractivity contribution >= 4 is 27.8 Å². The van der Waals surface area contributed by atoms with Gasteiger partial charge in [0.2, 0.25) is 11.9 Å². The van der Waals surface area contributed by atoms with E-state index in [0.717, 1.165) is 4.47 Å². The molecule has 0 aliphatic rings. The molecule has 0 radical (unpaired) electrons. The second-order valence-electron chi connectivity index (χ2n) is 3.50. The van der Waals surface area contributed by atoms with Crippen LogP contribution in [0, 0.1) is 0 Å². The maximum Gasteiger partial charge on any atom is 0.241 e. The molecular weight excluding hydrogens is 272 g/mol. The van der Waals surface area contributed by atoms with E-state index >= 15 is 0 Å². The lowest BCUT2D eigenvalue weighted by Crippen LogP contribution is -2.37. The Kier molecular flexibility index (Phi) is 4.67. The van der Waals surface area contributed by atoms with Gasteiger partial charge in [-0.25, -0.2) is 9.97 Å². The number of amides is 1. The molecule has 16 heavy (non-hydrogen) atoms. The van der Waals surface area contributed by atoms with Crippen molar-refractivity contribution in [3.8, 4) is 0 Å². The molecule has 0 spiro atoms. The molecule has 0 saturated heterocycles. The number of hydrogen-bond donors (Lipinski definition) is 0. The van der Waals surface area contributed by atoms with E-state index in [2.05, 4.69) is 25.9 Å². The quantitative estimate of drug-likeness (QED) is 0.833. The molecule has 0 unspecified atom stereocenters. The molecule has 0 aromatic carbocycles. The highest BCUT2D eigenvalue weighted by Crippen LogP contribution is 2.10. The monoisotopic (exact) mass is 286 g/mol. The van der Waals surface area contributed by atoms with Crippen molar-refractivity contribution < 1.29 is 4.79 Å². The summed E-state index contributed by atoms with van der Waals surface area (Å²) < 4.78 is 0.825. The van der Waals surface area contributed by atoms with E-state index in [-0.39, 0.29) is 5.91 Å². The highest BCUT2D eigenvalue weighted by molar-refractivity contribution is 9.10. The average Bonchev–Trinajstić information content (AvgIpc) is 2.26. The third-order valence-corrected chi connectivity index (χ3v) is 2.51. The van der Waals surface area contributed by atoms with Gasteiger partial charge in [-0.3, -0.25) is 4.79 Å². The SMILES string of the molecule is CCN(CC(=O)N(C)C)c1ncc(Br)cn1. The van der Waals surface area contributed by atoms with Crippen LogP contribution >= 0.6 is 15.9 Å². The van der Waals surface area contributed by atoms with Gasteiger partial charge in [-0.15, -0.1) is 0 Å². The number of carbonyl (C=O) groups excluding carboxylic acids is 1. The third-order valence-electron chi connectivity index (χ3n) is 2.10. The van der Waals surface area contributed by atoms with Crippen LogP contribution in [0.1, 0.15) is 6.92 Å². The summed E-state index contributed by atoms with van der Waals surface area (Å²) in [5, 5.41) is 0. The third kappa shape index (κ3) is 3.44. The van der Waals surface area contributed by atoms with Crippen LogP contribution in [0.15, 0.2) is 16.9 Å². The molecule has 1 amide bonds. The highest BCUT2D eigenvalue weighted by atomic mass is 79.9. The molecule has 1 rings (SSSR count). The van der Waals surface area contributed by atoms with Gasteiger partial charge in [0.25, 0.3) is 0 Å². The number of halogens is 1. The summed E-state index contributed by atoms with van der Waals surface area (Å²) in [7, 11) is 3.47. The van der Waals surface area contributed by atoms with Gasteiger partial charge < -0.3 is 9.80 Å². The number of carbonyl (C=O) groups is 1. The van der Waals surface area contributed by atoms with Gasteiger partial charge in [-0.05, 0) is 22.9 Å². The summed E-state index contributed by atoms with van der Waals surface area (Å²) in [6, 6.07) is 0. The minimum Gasteiger partial charge on any atom is -0.347 e. The Labute approximate surface area is 104 Å². The average molecular weight is 287 g/mol. The molecule has 0 aliphatic heterocycles. The number of likely N-dealkylation sites (N-methyl/N-ethyl adjacent to an activating group) is 2. The van der Waals surface area contributed by atoms with Crippen molar-refractivity contribution in [3.05, 3.63) is 16.9 Å². The van der Waals surface area contributed by atoms with Crippen molar-refractivity contribution in [2.75, 3.05) is 32.1 Å². The fraction of sp³-hybridized carbons (Fsp3) is 0.500. The van der Waals surface area contributed by atoms with E-state index in [1.54, 1.807) is 31.4 Å². The van der Waals surface area contributed by atoms with E-state index in [1.165, 1.54) is 0 Å². The number of anilines is 1. The Morgan fingerprint density at radius 1 is 1.38 bits per heavy atom. The summed E-state index contributed by atoms with van der Waals surface area (Å²) in [6.45, 7) is 2.96. The number of aromatic nitrogens is 2. The second kappa shape index (κ2) is 5.79. The predicted octanol–water partition coefficient (Wildman–Crippen LogP) is 1.15. The molecule has 0 N–H and O–H groups in total. The summed E-state index contributed by atoms with van der Waals surface area (Å²) in [5.41, 5.74) is 0. The second-order valence-corrected chi connectivity index (χ2v) is 4.42. The lowest BCUT2D eigenvalue weighted by molar-refractivity contribution is -0.127. The molecule has 0 fully saturated rings. The highest BCUT2D eigenvalue weighted by Gasteiger charge is 2.13. The van der Waals surface area contributed by atoms with Gasteiger partial charge in [0.15, 0.2) is 0 Å². The maximum atomic E-state index is 11.6. The van der Waals surface area contributed by atoms with Crippen LogP contribution in [0.5, 0.6) is 0 Å². The Balaban J connectivity index is 2.74. The van der Waals surface area contributed by atoms with Gasteiger partial charge in [-0.2, -0.15) is 0 Å². The summed E-state index contributed by atoms with van der Waals surface area (Å²) in [4.78, 5) is 23.3. The minimum absolute atomic E-state index is 0.0355. The first-order chi connectivity index (χ1) is 7.54. The van der Waals surface area contributed by atoms with Crippen molar-refractivity contribution in [1.82, 2.24) is 14.9 Å². The molecule has 1 aromatic rings. The predicted molar refractivity (Wildman–Crippen MR) is 66.3 cm³/mol. The first-order valence-electron chi connectivity index (χ1n) is 4.97. The molecule has 0 saturated carbocycles. The Hall–Kier alpha value is -1.17. The molecule has 0 atom stereocenters. The smallest absolute Gasteiger partial charge is 0.241 e. The fourth-order valence-electron chi connectivity index (χ4n) is 1.10. The number of nitrogens with zero attached hydrogens (tertiary/aromatic N) is 4. The van der Waals surface area contributed by atoms with Gasteiger partial charge >= 0.3 is 0 Å². The molecule has 5 nitrogen and oxygen atoms in total. The van der Waals surface area contributed by atoms with Gasteiger partial charge in [-0.1, -0.05) is 0 Å². The van der Waals surface area contributed by atoms with Crippen LogP contribution < -0.4 is 4.90 Å². The van der Waals surface area contributed by atoms with Crippen molar-refractivity contribution in [1.29, 1.82) is 0 Å². The van der Waals surface area contributed by atoms with Crippen LogP contribution in [-0.4, -0.2) is 48.0 Å². The summed E-state index contributed by atoms with van der Waals surface area (Å²) in [6.07, 6.45) is 3.34. The van der Waals surface area contributed by atoms with Crippen molar-refractivity contribution in [2.24, 2.45) is 0 Å².